The predicted octanol–water partition coefficient (Wildman–Crippen LogP) is 1.38. The van der Waals surface area contributed by atoms with Crippen LogP contribution in [0.3, 0.4) is 0 Å². The Balaban J connectivity index is 1.99. The fourth-order valence-electron chi connectivity index (χ4n) is 1.72. The number of rotatable bonds is 4. The molecule has 0 spiro atoms. The summed E-state index contributed by atoms with van der Waals surface area (Å²) in [5.74, 6) is 0.288. The summed E-state index contributed by atoms with van der Waals surface area (Å²) in [6, 6.07) is 4.05. The second kappa shape index (κ2) is 5.14. The zero-order valence-electron chi connectivity index (χ0n) is 9.63. The third-order valence-electron chi connectivity index (χ3n) is 2.78. The topological polar surface area (TPSA) is 50.4 Å². The van der Waals surface area contributed by atoms with E-state index < -0.39 is 0 Å². The number of hydrogen-bond donors (Lipinski definition) is 2. The third-order valence-corrected chi connectivity index (χ3v) is 2.78. The summed E-state index contributed by atoms with van der Waals surface area (Å²) in [6.45, 7) is 1.77. The number of anilines is 1. The van der Waals surface area contributed by atoms with Crippen molar-refractivity contribution < 1.29 is 13.9 Å². The van der Waals surface area contributed by atoms with E-state index in [1.807, 2.05) is 0 Å². The monoisotopic (exact) mass is 238 g/mol. The number of methoxy groups -OCH3 is 1. The number of carbonyl (C=O) groups excluding carboxylic acids is 1. The summed E-state index contributed by atoms with van der Waals surface area (Å²) in [5, 5.41) is 5.84. The fraction of sp³-hybridized carbons (Fsp3) is 0.417. The van der Waals surface area contributed by atoms with Gasteiger partial charge in [0.05, 0.1) is 12.8 Å². The molecular formula is C12H15FN2O2. The van der Waals surface area contributed by atoms with Gasteiger partial charge in [-0.1, -0.05) is 0 Å². The molecule has 0 saturated carbocycles. The van der Waals surface area contributed by atoms with Gasteiger partial charge in [-0.05, 0) is 31.1 Å². The number of carbonyl (C=O) groups is 1. The Labute approximate surface area is 99.2 Å². The van der Waals surface area contributed by atoms with Crippen molar-refractivity contribution >= 4 is 11.6 Å². The van der Waals surface area contributed by atoms with Crippen LogP contribution in [-0.2, 0) is 4.79 Å². The van der Waals surface area contributed by atoms with Crippen LogP contribution in [0.2, 0.25) is 0 Å². The normalized spacial score (nSPS) is 15.2. The van der Waals surface area contributed by atoms with Gasteiger partial charge in [-0.3, -0.25) is 4.79 Å². The average Bonchev–Trinajstić information content (AvgIpc) is 2.26. The molecule has 5 heteroatoms. The summed E-state index contributed by atoms with van der Waals surface area (Å²) < 4.78 is 17.9. The summed E-state index contributed by atoms with van der Waals surface area (Å²) in [6.07, 6.45) is 0.480. The molecule has 92 valence electrons. The van der Waals surface area contributed by atoms with Gasteiger partial charge in [-0.15, -0.1) is 0 Å². The zero-order valence-corrected chi connectivity index (χ0v) is 9.63. The van der Waals surface area contributed by atoms with Crippen molar-refractivity contribution in [3.63, 3.8) is 0 Å². The van der Waals surface area contributed by atoms with Crippen molar-refractivity contribution in [2.45, 2.75) is 6.42 Å². The number of halogens is 1. The second-order valence-corrected chi connectivity index (χ2v) is 4.12. The number of ether oxygens (including phenoxy) is 1. The van der Waals surface area contributed by atoms with Gasteiger partial charge in [0.2, 0.25) is 5.91 Å². The van der Waals surface area contributed by atoms with Gasteiger partial charge in [0.25, 0.3) is 0 Å². The Morgan fingerprint density at radius 1 is 1.59 bits per heavy atom. The minimum absolute atomic E-state index is 0.0681. The van der Waals surface area contributed by atoms with Crippen LogP contribution < -0.4 is 15.4 Å². The van der Waals surface area contributed by atoms with Crippen LogP contribution in [0.4, 0.5) is 10.1 Å². The van der Waals surface area contributed by atoms with Crippen molar-refractivity contribution in [2.75, 3.05) is 25.5 Å². The van der Waals surface area contributed by atoms with Gasteiger partial charge in [0.15, 0.2) is 0 Å². The van der Waals surface area contributed by atoms with E-state index in [1.165, 1.54) is 25.3 Å². The molecule has 1 amide bonds. The van der Waals surface area contributed by atoms with E-state index in [1.54, 1.807) is 0 Å². The molecule has 1 heterocycles. The first kappa shape index (κ1) is 11.9. The van der Waals surface area contributed by atoms with Crippen molar-refractivity contribution in [1.29, 1.82) is 0 Å². The van der Waals surface area contributed by atoms with E-state index in [9.17, 15) is 9.18 Å². The average molecular weight is 238 g/mol. The van der Waals surface area contributed by atoms with E-state index in [4.69, 9.17) is 4.74 Å². The van der Waals surface area contributed by atoms with Crippen LogP contribution >= 0.6 is 0 Å². The number of benzene rings is 1. The van der Waals surface area contributed by atoms with Gasteiger partial charge in [-0.25, -0.2) is 4.39 Å². The summed E-state index contributed by atoms with van der Waals surface area (Å²) in [5.41, 5.74) is 0.506. The van der Waals surface area contributed by atoms with E-state index in [0.29, 0.717) is 23.8 Å². The highest BCUT2D eigenvalue weighted by Gasteiger charge is 2.20. The predicted molar refractivity (Wildman–Crippen MR) is 62.6 cm³/mol. The maximum Gasteiger partial charge on any atom is 0.224 e. The molecule has 2 N–H and O–H groups in total. The van der Waals surface area contributed by atoms with Crippen molar-refractivity contribution in [3.8, 4) is 5.75 Å². The molecule has 1 aromatic carbocycles. The van der Waals surface area contributed by atoms with Crippen LogP contribution in [0.15, 0.2) is 18.2 Å². The second-order valence-electron chi connectivity index (χ2n) is 4.12. The lowest BCUT2D eigenvalue weighted by molar-refractivity contribution is -0.117. The Bertz CT molecular complexity index is 419. The van der Waals surface area contributed by atoms with Crippen LogP contribution in [0.1, 0.15) is 6.42 Å². The Kier molecular flexibility index (Phi) is 3.58. The molecule has 1 aliphatic rings. The molecule has 1 aliphatic heterocycles. The zero-order chi connectivity index (χ0) is 12.3. The SMILES string of the molecule is COc1cc(F)ccc1NC(=O)CC1CNC1. The molecule has 17 heavy (non-hydrogen) atoms. The summed E-state index contributed by atoms with van der Waals surface area (Å²) in [7, 11) is 1.44. The molecule has 4 nitrogen and oxygen atoms in total. The summed E-state index contributed by atoms with van der Waals surface area (Å²) in [4.78, 5) is 11.7. The molecule has 0 radical (unpaired) electrons. The molecule has 1 saturated heterocycles. The molecule has 2 rings (SSSR count). The lowest BCUT2D eigenvalue weighted by Crippen LogP contribution is -2.43. The molecule has 1 fully saturated rings. The number of amides is 1. The molecule has 0 unspecified atom stereocenters. The van der Waals surface area contributed by atoms with E-state index in [-0.39, 0.29) is 11.7 Å². The van der Waals surface area contributed by atoms with E-state index in [0.717, 1.165) is 13.1 Å². The van der Waals surface area contributed by atoms with Crippen LogP contribution in [0.25, 0.3) is 0 Å². The minimum Gasteiger partial charge on any atom is -0.494 e. The first-order valence-corrected chi connectivity index (χ1v) is 5.53. The number of nitrogens with one attached hydrogen (secondary N) is 2. The molecule has 1 aromatic rings. The molecule has 0 aromatic heterocycles. The van der Waals surface area contributed by atoms with Crippen molar-refractivity contribution in [3.05, 3.63) is 24.0 Å². The van der Waals surface area contributed by atoms with Gasteiger partial charge < -0.3 is 15.4 Å². The third kappa shape index (κ3) is 2.94. The van der Waals surface area contributed by atoms with Gasteiger partial charge in [0.1, 0.15) is 11.6 Å². The van der Waals surface area contributed by atoms with Gasteiger partial charge in [0, 0.05) is 12.5 Å². The lowest BCUT2D eigenvalue weighted by Gasteiger charge is -2.26. The standard InChI is InChI=1S/C12H15FN2O2/c1-17-11-5-9(13)2-3-10(11)15-12(16)4-8-6-14-7-8/h2-3,5,8,14H,4,6-7H2,1H3,(H,15,16). The highest BCUT2D eigenvalue weighted by atomic mass is 19.1. The highest BCUT2D eigenvalue weighted by molar-refractivity contribution is 5.92. The van der Waals surface area contributed by atoms with Crippen LogP contribution in [-0.4, -0.2) is 26.1 Å². The first-order chi connectivity index (χ1) is 8.19. The maximum atomic E-state index is 12.9. The molecule has 0 atom stereocenters. The largest absolute Gasteiger partial charge is 0.494 e. The summed E-state index contributed by atoms with van der Waals surface area (Å²) >= 11 is 0. The van der Waals surface area contributed by atoms with Crippen molar-refractivity contribution in [2.24, 2.45) is 5.92 Å². The minimum atomic E-state index is -0.386. The van der Waals surface area contributed by atoms with Crippen LogP contribution in [0, 0.1) is 11.7 Å². The van der Waals surface area contributed by atoms with E-state index in [2.05, 4.69) is 10.6 Å². The fourth-order valence-corrected chi connectivity index (χ4v) is 1.72. The molecule has 0 bridgehead atoms. The van der Waals surface area contributed by atoms with Gasteiger partial charge in [-0.2, -0.15) is 0 Å². The van der Waals surface area contributed by atoms with E-state index >= 15 is 0 Å². The molecular weight excluding hydrogens is 223 g/mol. The smallest absolute Gasteiger partial charge is 0.224 e. The van der Waals surface area contributed by atoms with Crippen LogP contribution in [0.5, 0.6) is 5.75 Å². The Morgan fingerprint density at radius 2 is 2.35 bits per heavy atom. The quantitative estimate of drug-likeness (QED) is 0.833. The van der Waals surface area contributed by atoms with Crippen molar-refractivity contribution in [1.82, 2.24) is 5.32 Å². The highest BCUT2D eigenvalue weighted by Crippen LogP contribution is 2.25. The molecule has 0 aliphatic carbocycles. The Hall–Kier alpha value is -1.62. The number of hydrogen-bond acceptors (Lipinski definition) is 3. The maximum absolute atomic E-state index is 12.9. The lowest BCUT2D eigenvalue weighted by atomic mass is 9.99. The Morgan fingerprint density at radius 3 is 2.94 bits per heavy atom. The first-order valence-electron chi connectivity index (χ1n) is 5.53. The van der Waals surface area contributed by atoms with Gasteiger partial charge >= 0.3 is 0 Å².